The molecule has 1 aromatic carbocycles. The summed E-state index contributed by atoms with van der Waals surface area (Å²) in [7, 11) is 3.79. The van der Waals surface area contributed by atoms with E-state index in [9.17, 15) is 19.2 Å². The molecule has 0 aliphatic carbocycles. The van der Waals surface area contributed by atoms with Crippen molar-refractivity contribution in [2.24, 2.45) is 7.05 Å². The van der Waals surface area contributed by atoms with Crippen LogP contribution in [0.25, 0.3) is 10.9 Å². The van der Waals surface area contributed by atoms with Gasteiger partial charge in [-0.2, -0.15) is 0 Å². The van der Waals surface area contributed by atoms with Crippen molar-refractivity contribution in [3.63, 3.8) is 0 Å². The molecule has 1 atom stereocenters. The van der Waals surface area contributed by atoms with Gasteiger partial charge in [-0.1, -0.05) is 12.1 Å². The number of fused-ring (bicyclic) bond motifs is 1. The second kappa shape index (κ2) is 10.0. The van der Waals surface area contributed by atoms with Gasteiger partial charge in [0.15, 0.2) is 0 Å². The third-order valence-electron chi connectivity index (χ3n) is 6.24. The van der Waals surface area contributed by atoms with Crippen LogP contribution in [0.2, 0.25) is 0 Å². The number of likely N-dealkylation sites (tertiary alicyclic amines) is 2. The number of hydrogen-bond acceptors (Lipinski definition) is 5. The minimum atomic E-state index is -0.441. The Labute approximate surface area is 182 Å². The van der Waals surface area contributed by atoms with E-state index in [1.54, 1.807) is 19.2 Å². The summed E-state index contributed by atoms with van der Waals surface area (Å²) >= 11 is 0. The number of carbonyl (C=O) groups excluding carboxylic acids is 2. The Bertz CT molecular complexity index is 1070. The monoisotopic (exact) mass is 428 g/mol. The number of rotatable bonds is 4. The summed E-state index contributed by atoms with van der Waals surface area (Å²) in [5.74, 6) is -0.201. The lowest BCUT2D eigenvalue weighted by Gasteiger charge is -2.20. The van der Waals surface area contributed by atoms with Crippen molar-refractivity contribution in [2.45, 2.75) is 51.6 Å². The molecule has 3 heterocycles. The predicted molar refractivity (Wildman–Crippen MR) is 120 cm³/mol. The van der Waals surface area contributed by atoms with E-state index >= 15 is 0 Å². The molecular weight excluding hydrogens is 396 g/mol. The molecule has 0 N–H and O–H groups in total. The lowest BCUT2D eigenvalue weighted by Crippen LogP contribution is -2.42. The van der Waals surface area contributed by atoms with Gasteiger partial charge < -0.3 is 14.6 Å². The van der Waals surface area contributed by atoms with E-state index in [4.69, 9.17) is 0 Å². The van der Waals surface area contributed by atoms with Crippen molar-refractivity contribution in [2.75, 3.05) is 26.7 Å². The van der Waals surface area contributed by atoms with Crippen molar-refractivity contribution < 1.29 is 9.59 Å². The molecule has 2 fully saturated rings. The van der Waals surface area contributed by atoms with E-state index in [-0.39, 0.29) is 30.5 Å². The van der Waals surface area contributed by atoms with Gasteiger partial charge in [0, 0.05) is 26.6 Å². The van der Waals surface area contributed by atoms with Gasteiger partial charge in [0.2, 0.25) is 5.91 Å². The third-order valence-corrected chi connectivity index (χ3v) is 6.24. The summed E-state index contributed by atoms with van der Waals surface area (Å²) in [6, 6.07) is 4.98. The van der Waals surface area contributed by atoms with Crippen LogP contribution in [0.3, 0.4) is 0 Å². The van der Waals surface area contributed by atoms with Crippen LogP contribution in [-0.4, -0.2) is 63.9 Å². The highest BCUT2D eigenvalue weighted by Gasteiger charge is 2.28. The maximum absolute atomic E-state index is 12.7. The van der Waals surface area contributed by atoms with Crippen LogP contribution in [0.15, 0.2) is 27.8 Å². The molecule has 8 heteroatoms. The van der Waals surface area contributed by atoms with Crippen LogP contribution in [0.1, 0.15) is 37.7 Å². The molecule has 4 rings (SSSR count). The SMILES string of the molecule is CN1CCCC1.Cc1cccc2c1c(=O)n(CCC(=O)N1CCC[C@H]1C=O)c(=O)n2C. The summed E-state index contributed by atoms with van der Waals surface area (Å²) in [4.78, 5) is 52.6. The largest absolute Gasteiger partial charge is 0.333 e. The van der Waals surface area contributed by atoms with Crippen LogP contribution in [-0.2, 0) is 23.2 Å². The van der Waals surface area contributed by atoms with Gasteiger partial charge in [-0.3, -0.25) is 18.7 Å². The fraction of sp³-hybridized carbons (Fsp3) is 0.565. The Morgan fingerprint density at radius 3 is 2.42 bits per heavy atom. The first-order valence-corrected chi connectivity index (χ1v) is 11.0. The highest BCUT2D eigenvalue weighted by atomic mass is 16.2. The molecule has 0 bridgehead atoms. The zero-order valence-corrected chi connectivity index (χ0v) is 18.7. The fourth-order valence-electron chi connectivity index (χ4n) is 4.38. The number of nitrogens with zero attached hydrogens (tertiary/aromatic N) is 4. The van der Waals surface area contributed by atoms with Gasteiger partial charge >= 0.3 is 5.69 Å². The van der Waals surface area contributed by atoms with Crippen LogP contribution < -0.4 is 11.2 Å². The summed E-state index contributed by atoms with van der Waals surface area (Å²) in [5.41, 5.74) is 0.554. The molecule has 1 aromatic heterocycles. The number of amides is 1. The Hall–Kier alpha value is -2.74. The normalized spacial score (nSPS) is 18.8. The molecule has 0 spiro atoms. The second-order valence-electron chi connectivity index (χ2n) is 8.46. The number of hydrogen-bond donors (Lipinski definition) is 0. The van der Waals surface area contributed by atoms with Crippen molar-refractivity contribution >= 4 is 23.1 Å². The summed E-state index contributed by atoms with van der Waals surface area (Å²) in [6.07, 6.45) is 5.11. The zero-order valence-electron chi connectivity index (χ0n) is 18.7. The van der Waals surface area contributed by atoms with Crippen LogP contribution in [0.4, 0.5) is 0 Å². The molecule has 1 amide bonds. The van der Waals surface area contributed by atoms with Crippen molar-refractivity contribution in [3.05, 3.63) is 44.6 Å². The van der Waals surface area contributed by atoms with Crippen molar-refractivity contribution in [3.8, 4) is 0 Å². The molecule has 0 unspecified atom stereocenters. The molecule has 168 valence electrons. The number of carbonyl (C=O) groups is 2. The van der Waals surface area contributed by atoms with Crippen molar-refractivity contribution in [1.82, 2.24) is 18.9 Å². The first-order chi connectivity index (χ1) is 14.8. The molecule has 31 heavy (non-hydrogen) atoms. The lowest BCUT2D eigenvalue weighted by atomic mass is 10.1. The van der Waals surface area contributed by atoms with E-state index < -0.39 is 5.69 Å². The minimum Gasteiger partial charge on any atom is -0.333 e. The van der Waals surface area contributed by atoms with Crippen LogP contribution >= 0.6 is 0 Å². The molecule has 2 aromatic rings. The molecule has 2 saturated heterocycles. The van der Waals surface area contributed by atoms with E-state index in [1.165, 1.54) is 35.4 Å². The number of benzene rings is 1. The highest BCUT2D eigenvalue weighted by Crippen LogP contribution is 2.17. The first-order valence-electron chi connectivity index (χ1n) is 11.0. The number of aryl methyl sites for hydroxylation is 2. The number of aromatic nitrogens is 2. The van der Waals surface area contributed by atoms with Gasteiger partial charge in [-0.05, 0) is 64.4 Å². The Kier molecular flexibility index (Phi) is 7.43. The Morgan fingerprint density at radius 2 is 1.81 bits per heavy atom. The maximum Gasteiger partial charge on any atom is 0.331 e. The van der Waals surface area contributed by atoms with Crippen LogP contribution in [0, 0.1) is 6.92 Å². The van der Waals surface area contributed by atoms with Crippen molar-refractivity contribution in [1.29, 1.82) is 0 Å². The summed E-state index contributed by atoms with van der Waals surface area (Å²) < 4.78 is 2.54. The van der Waals surface area contributed by atoms with E-state index in [0.29, 0.717) is 23.9 Å². The standard InChI is InChI=1S/C18H21N3O4.C5H11N/c1-12-5-3-7-14-16(12)17(24)21(18(25)19(14)2)10-8-15(23)20-9-4-6-13(20)11-22;1-6-4-2-3-5-6/h3,5,7,11,13H,4,6,8-10H2,1-2H3;2-5H2,1H3/t13-;/m0./s1. The number of aldehydes is 1. The average molecular weight is 429 g/mol. The van der Waals surface area contributed by atoms with E-state index in [1.807, 2.05) is 13.0 Å². The minimum absolute atomic E-state index is 0.0106. The maximum atomic E-state index is 12.7. The van der Waals surface area contributed by atoms with Gasteiger partial charge in [0.25, 0.3) is 5.56 Å². The fourth-order valence-corrected chi connectivity index (χ4v) is 4.38. The van der Waals surface area contributed by atoms with Gasteiger partial charge in [-0.25, -0.2) is 4.79 Å². The second-order valence-corrected chi connectivity index (χ2v) is 8.46. The first kappa shape index (κ1) is 22.9. The molecule has 8 nitrogen and oxygen atoms in total. The van der Waals surface area contributed by atoms with Gasteiger partial charge in [0.05, 0.1) is 16.9 Å². The van der Waals surface area contributed by atoms with Gasteiger partial charge in [0.1, 0.15) is 6.29 Å². The smallest absolute Gasteiger partial charge is 0.331 e. The average Bonchev–Trinajstić information content (AvgIpc) is 3.43. The Morgan fingerprint density at radius 1 is 1.10 bits per heavy atom. The molecule has 0 saturated carbocycles. The highest BCUT2D eigenvalue weighted by molar-refractivity contribution is 5.82. The summed E-state index contributed by atoms with van der Waals surface area (Å²) in [6.45, 7) is 5.02. The predicted octanol–water partition coefficient (Wildman–Crippen LogP) is 1.30. The topological polar surface area (TPSA) is 84.6 Å². The zero-order chi connectivity index (χ0) is 22.5. The third kappa shape index (κ3) is 4.95. The summed E-state index contributed by atoms with van der Waals surface area (Å²) in [5, 5.41) is 0.490. The molecular formula is C23H32N4O4. The lowest BCUT2D eigenvalue weighted by molar-refractivity contribution is -0.134. The van der Waals surface area contributed by atoms with E-state index in [0.717, 1.165) is 22.8 Å². The molecule has 0 radical (unpaired) electrons. The quantitative estimate of drug-likeness (QED) is 0.686. The van der Waals surface area contributed by atoms with Crippen LogP contribution in [0.5, 0.6) is 0 Å². The molecule has 2 aliphatic heterocycles. The van der Waals surface area contributed by atoms with E-state index in [2.05, 4.69) is 11.9 Å². The Balaban J connectivity index is 0.000000391. The molecule has 2 aliphatic rings. The van der Waals surface area contributed by atoms with Gasteiger partial charge in [-0.15, -0.1) is 0 Å².